The van der Waals surface area contributed by atoms with Crippen LogP contribution >= 0.6 is 27.7 Å². The third-order valence-electron chi connectivity index (χ3n) is 2.73. The number of ketones is 1. The lowest BCUT2D eigenvalue weighted by Gasteiger charge is -2.05. The number of carbonyl (C=O) groups excluding carboxylic acids is 1. The molecule has 3 heteroatoms. The summed E-state index contributed by atoms with van der Waals surface area (Å²) in [6, 6.07) is 14.0. The maximum Gasteiger partial charge on any atom is 0.173 e. The Bertz CT molecular complexity index is 570. The molecule has 0 radical (unpaired) electrons. The Hall–Kier alpha value is -1.06. The van der Waals surface area contributed by atoms with Gasteiger partial charge in [0.1, 0.15) is 0 Å². The van der Waals surface area contributed by atoms with E-state index in [-0.39, 0.29) is 5.78 Å². The molecule has 2 rings (SSSR count). The van der Waals surface area contributed by atoms with Crippen molar-refractivity contribution >= 4 is 33.5 Å². The van der Waals surface area contributed by atoms with E-state index in [0.717, 1.165) is 26.1 Å². The first kappa shape index (κ1) is 14.4. The maximum atomic E-state index is 12.2. The summed E-state index contributed by atoms with van der Waals surface area (Å²) in [5.74, 6) is 0.657. The Kier molecular flexibility index (Phi) is 4.83. The van der Waals surface area contributed by atoms with Gasteiger partial charge in [0.15, 0.2) is 5.78 Å². The number of hydrogen-bond donors (Lipinski definition) is 0. The molecule has 0 saturated heterocycles. The van der Waals surface area contributed by atoms with E-state index in [1.165, 1.54) is 0 Å². The molecule has 0 bridgehead atoms. The van der Waals surface area contributed by atoms with Gasteiger partial charge in [0.25, 0.3) is 0 Å². The number of rotatable bonds is 4. The summed E-state index contributed by atoms with van der Waals surface area (Å²) >= 11 is 4.98. The van der Waals surface area contributed by atoms with Crippen molar-refractivity contribution in [3.63, 3.8) is 0 Å². The average molecular weight is 335 g/mol. The van der Waals surface area contributed by atoms with Gasteiger partial charge in [0.2, 0.25) is 0 Å². The molecule has 0 saturated carbocycles. The lowest BCUT2D eigenvalue weighted by atomic mass is 10.1. The number of Topliss-reactive ketones (excluding diaryl/α,β-unsaturated/α-hetero) is 1. The molecule has 19 heavy (non-hydrogen) atoms. The van der Waals surface area contributed by atoms with E-state index < -0.39 is 0 Å². The van der Waals surface area contributed by atoms with Crippen molar-refractivity contribution in [2.45, 2.75) is 18.7 Å². The summed E-state index contributed by atoms with van der Waals surface area (Å²) in [4.78, 5) is 13.3. The van der Waals surface area contributed by atoms with Gasteiger partial charge in [0.05, 0.1) is 5.75 Å². The van der Waals surface area contributed by atoms with Crippen LogP contribution in [0.5, 0.6) is 0 Å². The summed E-state index contributed by atoms with van der Waals surface area (Å²) in [7, 11) is 0. The van der Waals surface area contributed by atoms with E-state index in [0.29, 0.717) is 5.75 Å². The maximum absolute atomic E-state index is 12.2. The van der Waals surface area contributed by atoms with Crippen molar-refractivity contribution in [1.82, 2.24) is 0 Å². The first-order chi connectivity index (χ1) is 9.04. The average Bonchev–Trinajstić information content (AvgIpc) is 2.36. The molecular weight excluding hydrogens is 320 g/mol. The van der Waals surface area contributed by atoms with Crippen molar-refractivity contribution in [3.05, 3.63) is 63.6 Å². The minimum atomic E-state index is 0.180. The molecule has 2 aromatic carbocycles. The molecule has 0 aromatic heterocycles. The van der Waals surface area contributed by atoms with E-state index >= 15 is 0 Å². The summed E-state index contributed by atoms with van der Waals surface area (Å²) in [6.07, 6.45) is 0. The van der Waals surface area contributed by atoms with E-state index in [9.17, 15) is 4.79 Å². The molecule has 0 atom stereocenters. The molecule has 1 nitrogen and oxygen atoms in total. The molecule has 0 unspecified atom stereocenters. The molecule has 2 aromatic rings. The highest BCUT2D eigenvalue weighted by Crippen LogP contribution is 2.22. The molecule has 0 amide bonds. The van der Waals surface area contributed by atoms with Gasteiger partial charge >= 0.3 is 0 Å². The molecular formula is C16H15BrOS. The normalized spacial score (nSPS) is 10.5. The van der Waals surface area contributed by atoms with Crippen LogP contribution in [0.3, 0.4) is 0 Å². The monoisotopic (exact) mass is 334 g/mol. The van der Waals surface area contributed by atoms with E-state index in [4.69, 9.17) is 0 Å². The van der Waals surface area contributed by atoms with Crippen LogP contribution in [0.4, 0.5) is 0 Å². The van der Waals surface area contributed by atoms with Crippen molar-refractivity contribution in [3.8, 4) is 0 Å². The minimum Gasteiger partial charge on any atom is -0.293 e. The first-order valence-corrected chi connectivity index (χ1v) is 7.82. The number of thioether (sulfide) groups is 1. The zero-order chi connectivity index (χ0) is 13.8. The Morgan fingerprint density at radius 1 is 1.05 bits per heavy atom. The summed E-state index contributed by atoms with van der Waals surface area (Å²) in [6.45, 7) is 4.04. The second kappa shape index (κ2) is 6.40. The fraction of sp³-hybridized carbons (Fsp3) is 0.188. The number of carbonyl (C=O) groups is 1. The largest absolute Gasteiger partial charge is 0.293 e. The van der Waals surface area contributed by atoms with Crippen molar-refractivity contribution in [2.24, 2.45) is 0 Å². The lowest BCUT2D eigenvalue weighted by Crippen LogP contribution is -2.03. The van der Waals surface area contributed by atoms with Gasteiger partial charge in [-0.1, -0.05) is 33.1 Å². The Labute approximate surface area is 126 Å². The quantitative estimate of drug-likeness (QED) is 0.575. The Morgan fingerprint density at radius 3 is 2.21 bits per heavy atom. The number of hydrogen-bond acceptors (Lipinski definition) is 2. The fourth-order valence-electron chi connectivity index (χ4n) is 1.90. The van der Waals surface area contributed by atoms with Crippen molar-refractivity contribution < 1.29 is 4.79 Å². The fourth-order valence-corrected chi connectivity index (χ4v) is 2.96. The van der Waals surface area contributed by atoms with Crippen molar-refractivity contribution in [1.29, 1.82) is 0 Å². The number of benzene rings is 2. The molecule has 0 aliphatic heterocycles. The SMILES string of the molecule is Cc1cc(C)cc(C(=O)CSc2ccc(Br)cc2)c1. The minimum absolute atomic E-state index is 0.180. The van der Waals surface area contributed by atoms with E-state index in [1.54, 1.807) is 11.8 Å². The molecule has 0 N–H and O–H groups in total. The van der Waals surface area contributed by atoms with Crippen LogP contribution in [0.1, 0.15) is 21.5 Å². The van der Waals surface area contributed by atoms with Crippen LogP contribution < -0.4 is 0 Å². The second-order valence-corrected chi connectivity index (χ2v) is 6.51. The molecule has 0 aliphatic carbocycles. The van der Waals surface area contributed by atoms with Crippen LogP contribution in [0, 0.1) is 13.8 Å². The zero-order valence-corrected chi connectivity index (χ0v) is 13.3. The zero-order valence-electron chi connectivity index (χ0n) is 10.9. The third kappa shape index (κ3) is 4.22. The van der Waals surface area contributed by atoms with Gasteiger partial charge in [-0.25, -0.2) is 0 Å². The second-order valence-electron chi connectivity index (χ2n) is 4.54. The molecule has 0 fully saturated rings. The standard InChI is InChI=1S/C16H15BrOS/c1-11-7-12(2)9-13(8-11)16(18)10-19-15-5-3-14(17)4-6-15/h3-9H,10H2,1-2H3. The van der Waals surface area contributed by atoms with E-state index in [1.807, 2.05) is 50.2 Å². The highest BCUT2D eigenvalue weighted by molar-refractivity contribution is 9.10. The summed E-state index contributed by atoms with van der Waals surface area (Å²) in [5, 5.41) is 0. The third-order valence-corrected chi connectivity index (χ3v) is 4.27. The van der Waals surface area contributed by atoms with Gasteiger partial charge in [0, 0.05) is 14.9 Å². The van der Waals surface area contributed by atoms with Crippen LogP contribution in [0.15, 0.2) is 51.8 Å². The van der Waals surface area contributed by atoms with Crippen LogP contribution in [0.25, 0.3) is 0 Å². The highest BCUT2D eigenvalue weighted by atomic mass is 79.9. The van der Waals surface area contributed by atoms with E-state index in [2.05, 4.69) is 22.0 Å². The van der Waals surface area contributed by atoms with Gasteiger partial charge in [-0.15, -0.1) is 11.8 Å². The summed E-state index contributed by atoms with van der Waals surface area (Å²) < 4.78 is 1.05. The van der Waals surface area contributed by atoms with Crippen molar-refractivity contribution in [2.75, 3.05) is 5.75 Å². The first-order valence-electron chi connectivity index (χ1n) is 6.04. The van der Waals surface area contributed by atoms with Crippen LogP contribution in [0.2, 0.25) is 0 Å². The van der Waals surface area contributed by atoms with Gasteiger partial charge in [-0.3, -0.25) is 4.79 Å². The molecule has 0 spiro atoms. The summed E-state index contributed by atoms with van der Waals surface area (Å²) in [5.41, 5.74) is 3.08. The number of aryl methyl sites for hydroxylation is 2. The predicted molar refractivity (Wildman–Crippen MR) is 85.1 cm³/mol. The van der Waals surface area contributed by atoms with Crippen LogP contribution in [-0.2, 0) is 0 Å². The lowest BCUT2D eigenvalue weighted by molar-refractivity contribution is 0.102. The molecule has 0 aliphatic rings. The number of halogens is 1. The predicted octanol–water partition coefficient (Wildman–Crippen LogP) is 5.04. The molecule has 98 valence electrons. The molecule has 0 heterocycles. The smallest absolute Gasteiger partial charge is 0.173 e. The Balaban J connectivity index is 2.03. The van der Waals surface area contributed by atoms with Gasteiger partial charge < -0.3 is 0 Å². The van der Waals surface area contributed by atoms with Crippen LogP contribution in [-0.4, -0.2) is 11.5 Å². The Morgan fingerprint density at radius 2 is 1.63 bits per heavy atom. The van der Waals surface area contributed by atoms with Gasteiger partial charge in [-0.2, -0.15) is 0 Å². The topological polar surface area (TPSA) is 17.1 Å². The van der Waals surface area contributed by atoms with Gasteiger partial charge in [-0.05, 0) is 50.2 Å². The highest BCUT2D eigenvalue weighted by Gasteiger charge is 2.07.